The molecule has 5 aromatic carbocycles. The number of fused-ring (bicyclic) bond motifs is 2. The van der Waals surface area contributed by atoms with Gasteiger partial charge in [0.2, 0.25) is 0 Å². The van der Waals surface area contributed by atoms with Gasteiger partial charge in [-0.25, -0.2) is 34.3 Å². The number of aromatic nitrogens is 6. The average molecular weight is 1050 g/mol. The highest BCUT2D eigenvalue weighted by Gasteiger charge is 2.30. The van der Waals surface area contributed by atoms with E-state index in [0.717, 1.165) is 119 Å². The lowest BCUT2D eigenvalue weighted by atomic mass is 9.94. The summed E-state index contributed by atoms with van der Waals surface area (Å²) >= 11 is 0. The molecule has 394 valence electrons. The van der Waals surface area contributed by atoms with E-state index in [2.05, 4.69) is 85.8 Å². The summed E-state index contributed by atoms with van der Waals surface area (Å²) in [7, 11) is 0. The van der Waals surface area contributed by atoms with E-state index in [1.165, 1.54) is 0 Å². The number of nitrogens with one attached hydrogen (secondary N) is 2. The molecule has 4 amide bonds. The number of ether oxygens (including phenoxy) is 1. The largest absolute Gasteiger partial charge is 0.462 e. The number of aryl methyl sites for hydroxylation is 4. The lowest BCUT2D eigenvalue weighted by molar-refractivity contribution is 0.0526. The minimum absolute atomic E-state index is 0.153. The zero-order chi connectivity index (χ0) is 54.6. The number of amides is 4. The molecule has 2 aliphatic heterocycles. The summed E-state index contributed by atoms with van der Waals surface area (Å²) in [6.07, 6.45) is 8.04. The molecule has 4 aromatic heterocycles. The van der Waals surface area contributed by atoms with Crippen molar-refractivity contribution < 1.29 is 19.1 Å². The van der Waals surface area contributed by atoms with E-state index in [9.17, 15) is 14.4 Å². The van der Waals surface area contributed by atoms with Crippen molar-refractivity contribution in [3.8, 4) is 67.7 Å². The molecular weight excluding hydrogens is 985 g/mol. The number of hydrogen-bond acceptors (Lipinski definition) is 10. The summed E-state index contributed by atoms with van der Waals surface area (Å²) in [4.78, 5) is 74.4. The number of carbonyl (C=O) groups is 3. The van der Waals surface area contributed by atoms with Crippen LogP contribution in [0.1, 0.15) is 75.9 Å². The third-order valence-electron chi connectivity index (χ3n) is 14.8. The fraction of sp³-hybridized carbons (Fsp3) is 0.215. The normalized spacial score (nSPS) is 12.8. The van der Waals surface area contributed by atoms with Gasteiger partial charge >= 0.3 is 18.0 Å². The number of carbonyl (C=O) groups excluding carboxylic acids is 3. The molecule has 9 aromatic rings. The van der Waals surface area contributed by atoms with Crippen molar-refractivity contribution in [1.29, 1.82) is 0 Å². The van der Waals surface area contributed by atoms with Crippen molar-refractivity contribution in [3.63, 3.8) is 0 Å². The summed E-state index contributed by atoms with van der Waals surface area (Å²) < 4.78 is 5.27. The molecule has 0 fully saturated rings. The Morgan fingerprint density at radius 2 is 1.22 bits per heavy atom. The molecule has 0 unspecified atom stereocenters. The molecule has 79 heavy (non-hydrogen) atoms. The number of benzene rings is 5. The maximum Gasteiger partial charge on any atom is 0.338 e. The summed E-state index contributed by atoms with van der Waals surface area (Å²) in [5.41, 5.74) is 18.3. The van der Waals surface area contributed by atoms with E-state index in [1.807, 2.05) is 94.7 Å². The second-order valence-corrected chi connectivity index (χ2v) is 20.0. The smallest absolute Gasteiger partial charge is 0.338 e. The van der Waals surface area contributed by atoms with Crippen LogP contribution >= 0.6 is 0 Å². The first-order valence-electron chi connectivity index (χ1n) is 27.0. The summed E-state index contributed by atoms with van der Waals surface area (Å²) in [6, 6.07) is 43.3. The van der Waals surface area contributed by atoms with Gasteiger partial charge in [-0.15, -0.1) is 0 Å². The van der Waals surface area contributed by atoms with Crippen LogP contribution in [0.3, 0.4) is 0 Å². The first-order valence-corrected chi connectivity index (χ1v) is 27.0. The Labute approximate surface area is 460 Å². The first kappa shape index (κ1) is 51.7. The number of esters is 1. The molecule has 2 aliphatic rings. The van der Waals surface area contributed by atoms with Gasteiger partial charge in [0.05, 0.1) is 53.7 Å². The maximum atomic E-state index is 14.3. The Bertz CT molecular complexity index is 3810. The van der Waals surface area contributed by atoms with Gasteiger partial charge in [0, 0.05) is 94.8 Å². The molecule has 0 atom stereocenters. The van der Waals surface area contributed by atoms with Crippen molar-refractivity contribution in [2.75, 3.05) is 30.3 Å². The predicted octanol–water partition coefficient (Wildman–Crippen LogP) is 13.2. The van der Waals surface area contributed by atoms with Crippen LogP contribution in [0.25, 0.3) is 67.7 Å². The minimum atomic E-state index is -0.377. The van der Waals surface area contributed by atoms with Gasteiger partial charge in [0.25, 0.3) is 0 Å². The first-order chi connectivity index (χ1) is 38.5. The second kappa shape index (κ2) is 22.6. The van der Waals surface area contributed by atoms with Gasteiger partial charge in [-0.3, -0.25) is 9.97 Å². The molecule has 2 N–H and O–H groups in total. The topological polar surface area (TPSA) is 168 Å². The van der Waals surface area contributed by atoms with E-state index < -0.39 is 0 Å². The van der Waals surface area contributed by atoms with Crippen LogP contribution in [0.15, 0.2) is 152 Å². The summed E-state index contributed by atoms with van der Waals surface area (Å²) in [5, 5.41) is 6.31. The number of rotatable bonds is 12. The molecule has 0 bridgehead atoms. The highest BCUT2D eigenvalue weighted by Crippen LogP contribution is 2.37. The molecule has 0 saturated carbocycles. The van der Waals surface area contributed by atoms with E-state index in [-0.39, 0.29) is 24.6 Å². The number of anilines is 2. The van der Waals surface area contributed by atoms with Gasteiger partial charge in [-0.2, -0.15) is 0 Å². The van der Waals surface area contributed by atoms with E-state index >= 15 is 0 Å². The molecule has 14 nitrogen and oxygen atoms in total. The Kier molecular flexibility index (Phi) is 14.8. The Morgan fingerprint density at radius 3 is 1.90 bits per heavy atom. The zero-order valence-corrected chi connectivity index (χ0v) is 45.0. The van der Waals surface area contributed by atoms with Crippen molar-refractivity contribution >= 4 is 29.4 Å². The number of hydrogen-bond donors (Lipinski definition) is 2. The molecule has 0 aliphatic carbocycles. The average Bonchev–Trinajstić information content (AvgIpc) is 3.49. The van der Waals surface area contributed by atoms with Crippen LogP contribution in [0.2, 0.25) is 0 Å². The van der Waals surface area contributed by atoms with E-state index in [0.29, 0.717) is 61.9 Å². The Hall–Kier alpha value is -9.43. The molecule has 0 spiro atoms. The second-order valence-electron chi connectivity index (χ2n) is 20.0. The summed E-state index contributed by atoms with van der Waals surface area (Å²) in [5.74, 6) is 0.779. The van der Waals surface area contributed by atoms with Crippen molar-refractivity contribution in [3.05, 3.63) is 202 Å². The van der Waals surface area contributed by atoms with Crippen LogP contribution < -0.4 is 10.6 Å². The van der Waals surface area contributed by atoms with Crippen LogP contribution in [0, 0.1) is 13.8 Å². The van der Waals surface area contributed by atoms with Crippen LogP contribution in [0.4, 0.5) is 21.0 Å². The molecule has 11 rings (SSSR count). The lowest BCUT2D eigenvalue weighted by Crippen LogP contribution is -2.39. The molecule has 6 heterocycles. The van der Waals surface area contributed by atoms with Crippen LogP contribution in [-0.4, -0.2) is 77.4 Å². The molecule has 14 heteroatoms. The number of urea groups is 2. The monoisotopic (exact) mass is 1040 g/mol. The van der Waals surface area contributed by atoms with E-state index in [1.54, 1.807) is 31.6 Å². The Balaban J connectivity index is 0.884. The van der Waals surface area contributed by atoms with Crippen LogP contribution in [-0.2, 0) is 43.5 Å². The summed E-state index contributed by atoms with van der Waals surface area (Å²) in [6.45, 7) is 12.0. The van der Waals surface area contributed by atoms with E-state index in [4.69, 9.17) is 29.7 Å². The number of pyridine rings is 2. The van der Waals surface area contributed by atoms with Crippen molar-refractivity contribution in [2.24, 2.45) is 0 Å². The van der Waals surface area contributed by atoms with Gasteiger partial charge in [-0.05, 0) is 134 Å². The highest BCUT2D eigenvalue weighted by atomic mass is 16.5. The zero-order valence-electron chi connectivity index (χ0n) is 45.0. The molecule has 0 saturated heterocycles. The van der Waals surface area contributed by atoms with Gasteiger partial charge < -0.3 is 25.2 Å². The van der Waals surface area contributed by atoms with Crippen molar-refractivity contribution in [2.45, 2.75) is 73.4 Å². The van der Waals surface area contributed by atoms with Gasteiger partial charge in [0.15, 0.2) is 11.6 Å². The lowest BCUT2D eigenvalue weighted by Gasteiger charge is -2.30. The minimum Gasteiger partial charge on any atom is -0.462 e. The third kappa shape index (κ3) is 11.1. The SMILES string of the molecule is CCOC(=O)c1cccc(-c2cc(CC)cc(NC(=O)N3CCc4nc(-c5cccnc5)nc(-c5ccc(-c6cc(-c7nc8c(c(-c9ccccc9C)n7)CN(C(=O)Nc7cccc(CC)c7)CC8)ccn6)cc5C)c4C3)c2)c1. The fourth-order valence-electron chi connectivity index (χ4n) is 10.5. The van der Waals surface area contributed by atoms with Crippen molar-refractivity contribution in [1.82, 2.24) is 39.7 Å². The van der Waals surface area contributed by atoms with Crippen LogP contribution in [0.5, 0.6) is 0 Å². The van der Waals surface area contributed by atoms with Gasteiger partial charge in [-0.1, -0.05) is 80.6 Å². The molecule has 0 radical (unpaired) electrons. The third-order valence-corrected chi connectivity index (χ3v) is 14.8. The molecular formula is C65H60N10O4. The number of nitrogens with zero attached hydrogens (tertiary/aromatic N) is 8. The fourth-order valence-corrected chi connectivity index (χ4v) is 10.5. The van der Waals surface area contributed by atoms with Gasteiger partial charge in [0.1, 0.15) is 0 Å². The standard InChI is InChI=1S/C65H60N10O4/c1-6-42-15-11-19-50(32-42)68-64(77)74-28-24-56-54(38-74)59(52-20-10-9-14-40(52)4)72-61(70-56)46-23-27-67-58(36-46)45-21-22-53(41(5)30-45)60-55-39-75(29-25-57(55)71-62(73-60)48-18-13-26-66-37-48)65(78)69-51-33-43(7-2)31-49(35-51)44-16-12-17-47(34-44)63(76)79-8-3/h9-23,26-27,30-37H,6-8,24-25,28-29,38-39H2,1-5H3,(H,68,77)(H,69,78). The maximum absolute atomic E-state index is 14.3. The highest BCUT2D eigenvalue weighted by molar-refractivity contribution is 5.93. The predicted molar refractivity (Wildman–Crippen MR) is 309 cm³/mol. The quantitative estimate of drug-likeness (QED) is 0.112. The Morgan fingerprint density at radius 1 is 0.544 bits per heavy atom.